The Hall–Kier alpha value is -4.77. The molecule has 2 N–H and O–H groups in total. The van der Waals surface area contributed by atoms with Crippen LogP contribution in [0, 0.1) is 24.0 Å². The number of nitro benzene ring substituents is 1. The highest BCUT2D eigenvalue weighted by Crippen LogP contribution is 2.44. The van der Waals surface area contributed by atoms with Crippen molar-refractivity contribution < 1.29 is 14.5 Å². The van der Waals surface area contributed by atoms with Gasteiger partial charge in [-0.1, -0.05) is 6.07 Å². The first-order valence-electron chi connectivity index (χ1n) is 12.6. The maximum atomic E-state index is 11.5. The van der Waals surface area contributed by atoms with Crippen molar-refractivity contribution in [2.24, 2.45) is 0 Å². The summed E-state index contributed by atoms with van der Waals surface area (Å²) in [5, 5.41) is 18.2. The van der Waals surface area contributed by atoms with Crippen LogP contribution in [0.4, 0.5) is 17.1 Å². The summed E-state index contributed by atoms with van der Waals surface area (Å²) in [6.45, 7) is 5.47. The first-order chi connectivity index (χ1) is 19.2. The fourth-order valence-corrected chi connectivity index (χ4v) is 5.63. The Morgan fingerprint density at radius 1 is 1.12 bits per heavy atom. The Morgan fingerprint density at radius 2 is 1.88 bits per heavy atom. The molecule has 2 atom stereocenters. The van der Waals surface area contributed by atoms with Crippen LogP contribution in [0.3, 0.4) is 0 Å². The number of nitrogens with one attached hydrogen (secondary N) is 2. The van der Waals surface area contributed by atoms with Crippen LogP contribution in [0.1, 0.15) is 41.7 Å². The summed E-state index contributed by atoms with van der Waals surface area (Å²) < 4.78 is 7.60. The zero-order chi connectivity index (χ0) is 28.6. The lowest BCUT2D eigenvalue weighted by molar-refractivity contribution is -0.384. The second-order valence-corrected chi connectivity index (χ2v) is 9.89. The van der Waals surface area contributed by atoms with Gasteiger partial charge in [0.2, 0.25) is 5.91 Å². The number of rotatable bonds is 7. The van der Waals surface area contributed by atoms with Crippen molar-refractivity contribution >= 4 is 40.3 Å². The smallest absolute Gasteiger partial charge is 0.273 e. The molecular formula is C29H28N6O4S. The number of methoxy groups -OCH3 is 1. The summed E-state index contributed by atoms with van der Waals surface area (Å²) in [5.74, 6) is 0.252. The number of pyridine rings is 1. The molecule has 10 nitrogen and oxygen atoms in total. The Bertz CT molecular complexity index is 1600. The van der Waals surface area contributed by atoms with Crippen LogP contribution in [0.5, 0.6) is 5.75 Å². The number of non-ortho nitro benzene ring substituents is 1. The molecule has 0 spiro atoms. The minimum absolute atomic E-state index is 0.0438. The fraction of sp³-hybridized carbons (Fsp3) is 0.207. The standard InChI is InChI=1S/C29H28N6O4S/c1-17-15-23(18(2)33(17)25-13-12-22(35(37)38)16-26(25)39-4)28-27(24-7-5-6-14-30-24)32-29(40)34(28)21-10-8-20(9-11-21)31-19(3)36/h5-16,27-28H,1-4H3,(H,31,36)(H,32,40)/t27-,28+/m1/s1. The van der Waals surface area contributed by atoms with Gasteiger partial charge in [0.05, 0.1) is 41.6 Å². The summed E-state index contributed by atoms with van der Waals surface area (Å²) in [5.41, 5.74) is 5.90. The van der Waals surface area contributed by atoms with Gasteiger partial charge in [-0.25, -0.2) is 0 Å². The first kappa shape index (κ1) is 26.8. The van der Waals surface area contributed by atoms with Gasteiger partial charge >= 0.3 is 0 Å². The van der Waals surface area contributed by atoms with Crippen LogP contribution >= 0.6 is 12.2 Å². The van der Waals surface area contributed by atoms with Gasteiger partial charge in [0.25, 0.3) is 5.69 Å². The van der Waals surface area contributed by atoms with Gasteiger partial charge in [-0.3, -0.25) is 19.9 Å². The third-order valence-electron chi connectivity index (χ3n) is 6.97. The van der Waals surface area contributed by atoms with Crippen molar-refractivity contribution in [2.75, 3.05) is 17.3 Å². The molecule has 0 saturated carbocycles. The molecule has 40 heavy (non-hydrogen) atoms. The van der Waals surface area contributed by atoms with Crippen LogP contribution in [-0.2, 0) is 4.79 Å². The number of nitro groups is 1. The van der Waals surface area contributed by atoms with Crippen molar-refractivity contribution in [3.8, 4) is 11.4 Å². The monoisotopic (exact) mass is 556 g/mol. The second-order valence-electron chi connectivity index (χ2n) is 9.50. The number of benzene rings is 2. The average Bonchev–Trinajstić information content (AvgIpc) is 3.43. The lowest BCUT2D eigenvalue weighted by Gasteiger charge is -2.28. The Morgan fingerprint density at radius 3 is 2.50 bits per heavy atom. The quantitative estimate of drug-likeness (QED) is 0.173. The van der Waals surface area contributed by atoms with Crippen molar-refractivity contribution in [1.29, 1.82) is 0 Å². The Kier molecular flexibility index (Phi) is 7.22. The van der Waals surface area contributed by atoms with Crippen LogP contribution in [-0.4, -0.2) is 32.6 Å². The molecular weight excluding hydrogens is 528 g/mol. The number of amides is 1. The van der Waals surface area contributed by atoms with Crippen molar-refractivity contribution in [3.05, 3.63) is 106 Å². The van der Waals surface area contributed by atoms with E-state index in [0.29, 0.717) is 22.2 Å². The normalized spacial score (nSPS) is 16.5. The molecule has 0 bridgehead atoms. The first-order valence-corrected chi connectivity index (χ1v) is 13.0. The van der Waals surface area contributed by atoms with E-state index < -0.39 is 4.92 Å². The Labute approximate surface area is 236 Å². The number of hydrogen-bond acceptors (Lipinski definition) is 6. The van der Waals surface area contributed by atoms with Gasteiger partial charge in [-0.15, -0.1) is 0 Å². The molecule has 2 aromatic heterocycles. The number of anilines is 2. The van der Waals surface area contributed by atoms with Gasteiger partial charge in [-0.05, 0) is 80.2 Å². The molecule has 1 saturated heterocycles. The fourth-order valence-electron chi connectivity index (χ4n) is 5.28. The van der Waals surface area contributed by atoms with E-state index in [2.05, 4.69) is 26.6 Å². The topological polar surface area (TPSA) is 115 Å². The van der Waals surface area contributed by atoms with Crippen molar-refractivity contribution in [1.82, 2.24) is 14.9 Å². The average molecular weight is 557 g/mol. The van der Waals surface area contributed by atoms with E-state index in [0.717, 1.165) is 28.3 Å². The molecule has 1 fully saturated rings. The summed E-state index contributed by atoms with van der Waals surface area (Å²) >= 11 is 5.86. The largest absolute Gasteiger partial charge is 0.494 e. The van der Waals surface area contributed by atoms with Crippen LogP contribution in [0.15, 0.2) is 72.9 Å². The van der Waals surface area contributed by atoms with Gasteiger partial charge in [-0.2, -0.15) is 0 Å². The van der Waals surface area contributed by atoms with Gasteiger partial charge in [0.15, 0.2) is 5.11 Å². The van der Waals surface area contributed by atoms with E-state index in [-0.39, 0.29) is 23.7 Å². The molecule has 5 rings (SSSR count). The molecule has 204 valence electrons. The van der Waals surface area contributed by atoms with Gasteiger partial charge < -0.3 is 24.8 Å². The minimum Gasteiger partial charge on any atom is -0.494 e. The van der Waals surface area contributed by atoms with E-state index >= 15 is 0 Å². The minimum atomic E-state index is -0.440. The number of hydrogen-bond donors (Lipinski definition) is 2. The SMILES string of the molecule is COc1cc([N+](=O)[O-])ccc1-n1c(C)cc([C@H]2[C@@H](c3ccccn3)NC(=S)N2c2ccc(NC(C)=O)cc2)c1C. The van der Waals surface area contributed by atoms with Gasteiger partial charge in [0.1, 0.15) is 5.75 Å². The summed E-state index contributed by atoms with van der Waals surface area (Å²) in [4.78, 5) is 29.1. The number of aryl methyl sites for hydroxylation is 1. The van der Waals surface area contributed by atoms with Crippen molar-refractivity contribution in [2.45, 2.75) is 32.9 Å². The van der Waals surface area contributed by atoms with E-state index in [4.69, 9.17) is 17.0 Å². The van der Waals surface area contributed by atoms with E-state index in [1.54, 1.807) is 12.3 Å². The van der Waals surface area contributed by atoms with Gasteiger partial charge in [0, 0.05) is 41.9 Å². The van der Waals surface area contributed by atoms with E-state index in [1.165, 1.54) is 26.2 Å². The number of aromatic nitrogens is 2. The molecule has 4 aromatic rings. The van der Waals surface area contributed by atoms with Crippen molar-refractivity contribution in [3.63, 3.8) is 0 Å². The number of carbonyl (C=O) groups is 1. The zero-order valence-corrected chi connectivity index (χ0v) is 23.2. The molecule has 1 aliphatic heterocycles. The van der Waals surface area contributed by atoms with Crippen LogP contribution in [0.25, 0.3) is 5.69 Å². The second kappa shape index (κ2) is 10.8. The highest BCUT2D eigenvalue weighted by atomic mass is 32.1. The molecule has 2 aromatic carbocycles. The maximum Gasteiger partial charge on any atom is 0.273 e. The number of ether oxygens (including phenoxy) is 1. The van der Waals surface area contributed by atoms with Crippen LogP contribution < -0.4 is 20.3 Å². The predicted octanol–water partition coefficient (Wildman–Crippen LogP) is 5.54. The third kappa shape index (κ3) is 4.87. The molecule has 0 aliphatic carbocycles. The van der Waals surface area contributed by atoms with E-state index in [1.807, 2.05) is 60.9 Å². The molecule has 1 aliphatic rings. The molecule has 11 heteroatoms. The zero-order valence-electron chi connectivity index (χ0n) is 22.4. The molecule has 0 unspecified atom stereocenters. The lowest BCUT2D eigenvalue weighted by atomic mass is 9.96. The Balaban J connectivity index is 1.65. The molecule has 1 amide bonds. The van der Waals surface area contributed by atoms with Crippen LogP contribution in [0.2, 0.25) is 0 Å². The van der Waals surface area contributed by atoms with E-state index in [9.17, 15) is 14.9 Å². The highest BCUT2D eigenvalue weighted by Gasteiger charge is 2.42. The number of thiocarbonyl (C=S) groups is 1. The maximum absolute atomic E-state index is 11.5. The number of nitrogens with zero attached hydrogens (tertiary/aromatic N) is 4. The summed E-state index contributed by atoms with van der Waals surface area (Å²) in [7, 11) is 1.50. The highest BCUT2D eigenvalue weighted by molar-refractivity contribution is 7.80. The predicted molar refractivity (Wildman–Crippen MR) is 157 cm³/mol. The summed E-state index contributed by atoms with van der Waals surface area (Å²) in [6.07, 6.45) is 1.76. The number of carbonyl (C=O) groups excluding carboxylic acids is 1. The molecule has 0 radical (unpaired) electrons. The summed E-state index contributed by atoms with van der Waals surface area (Å²) in [6, 6.07) is 19.5. The molecule has 3 heterocycles. The lowest BCUT2D eigenvalue weighted by Crippen LogP contribution is -2.29. The third-order valence-corrected chi connectivity index (χ3v) is 7.28.